The molecule has 0 aliphatic rings. The predicted molar refractivity (Wildman–Crippen MR) is 42.8 cm³/mol. The van der Waals surface area contributed by atoms with Crippen LogP contribution in [0, 0.1) is 6.92 Å². The molecule has 0 radical (unpaired) electrons. The van der Waals surface area contributed by atoms with Gasteiger partial charge in [-0.1, -0.05) is 13.5 Å². The summed E-state index contributed by atoms with van der Waals surface area (Å²) in [5, 5.41) is 0. The number of nitrogens with one attached hydrogen (secondary N) is 1. The fraction of sp³-hybridized carbons (Fsp3) is 0.375. The Morgan fingerprint density at radius 2 is 2.40 bits per heavy atom. The summed E-state index contributed by atoms with van der Waals surface area (Å²) in [6.45, 7) is 7.72. The molecule has 54 valence electrons. The fourth-order valence-corrected chi connectivity index (χ4v) is 0.997. The van der Waals surface area contributed by atoms with Crippen LogP contribution in [0.1, 0.15) is 24.1 Å². The zero-order valence-electron chi connectivity index (χ0n) is 6.44. The van der Waals surface area contributed by atoms with Crippen LogP contribution in [0.15, 0.2) is 6.58 Å². The van der Waals surface area contributed by atoms with E-state index in [0.29, 0.717) is 0 Å². The van der Waals surface area contributed by atoms with Gasteiger partial charge in [-0.2, -0.15) is 0 Å². The van der Waals surface area contributed by atoms with E-state index in [4.69, 9.17) is 0 Å². The predicted octanol–water partition coefficient (Wildman–Crippen LogP) is 1.92. The molecule has 0 saturated carbocycles. The summed E-state index contributed by atoms with van der Waals surface area (Å²) < 4.78 is 0. The largest absolute Gasteiger partial charge is 0.346 e. The molecule has 10 heavy (non-hydrogen) atoms. The van der Waals surface area contributed by atoms with E-state index < -0.39 is 0 Å². The normalized spacial score (nSPS) is 9.80. The smallest absolute Gasteiger partial charge is 0.103 e. The van der Waals surface area contributed by atoms with Crippen LogP contribution in [0.2, 0.25) is 0 Å². The van der Waals surface area contributed by atoms with E-state index >= 15 is 0 Å². The number of hydrogen-bond acceptors (Lipinski definition) is 1. The molecule has 0 spiro atoms. The highest BCUT2D eigenvalue weighted by atomic mass is 14.9. The van der Waals surface area contributed by atoms with Crippen molar-refractivity contribution in [2.75, 3.05) is 0 Å². The second-order valence-corrected chi connectivity index (χ2v) is 2.24. The van der Waals surface area contributed by atoms with Crippen LogP contribution < -0.4 is 0 Å². The maximum absolute atomic E-state index is 4.23. The molecular weight excluding hydrogens is 124 g/mol. The minimum atomic E-state index is 0.965. The van der Waals surface area contributed by atoms with Gasteiger partial charge in [-0.25, -0.2) is 4.98 Å². The molecule has 0 saturated heterocycles. The average Bonchev–Trinajstić information content (AvgIpc) is 2.30. The molecule has 1 aromatic rings. The Labute approximate surface area is 61.0 Å². The summed E-state index contributed by atoms with van der Waals surface area (Å²) in [7, 11) is 0. The molecule has 0 amide bonds. The monoisotopic (exact) mass is 136 g/mol. The van der Waals surface area contributed by atoms with Crippen molar-refractivity contribution in [3.8, 4) is 0 Å². The molecule has 1 aromatic heterocycles. The quantitative estimate of drug-likeness (QED) is 0.661. The molecule has 1 heterocycles. The number of rotatable bonds is 2. The number of aromatic nitrogens is 2. The first-order valence-electron chi connectivity index (χ1n) is 3.45. The van der Waals surface area contributed by atoms with Crippen molar-refractivity contribution in [1.82, 2.24) is 9.97 Å². The fourth-order valence-electron chi connectivity index (χ4n) is 0.997. The van der Waals surface area contributed by atoms with E-state index in [1.165, 1.54) is 5.69 Å². The van der Waals surface area contributed by atoms with Crippen molar-refractivity contribution in [3.05, 3.63) is 23.8 Å². The maximum atomic E-state index is 4.23. The molecule has 0 bridgehead atoms. The van der Waals surface area contributed by atoms with Gasteiger partial charge in [0, 0.05) is 5.69 Å². The molecule has 0 aliphatic heterocycles. The Morgan fingerprint density at radius 3 is 2.80 bits per heavy atom. The number of imidazole rings is 1. The SMILES string of the molecule is C=Cc1nc(C)[nH]c1CC. The Bertz CT molecular complexity index is 235. The number of hydrogen-bond donors (Lipinski definition) is 1. The minimum absolute atomic E-state index is 0.965. The number of aromatic amines is 1. The van der Waals surface area contributed by atoms with Gasteiger partial charge < -0.3 is 4.98 Å². The van der Waals surface area contributed by atoms with E-state index in [1.807, 2.05) is 6.92 Å². The number of aryl methyl sites for hydroxylation is 2. The summed E-state index contributed by atoms with van der Waals surface area (Å²) >= 11 is 0. The third-order valence-electron chi connectivity index (χ3n) is 1.48. The van der Waals surface area contributed by atoms with Gasteiger partial charge in [0.15, 0.2) is 0 Å². The standard InChI is InChI=1S/C8H12N2/c1-4-7-8(5-2)10-6(3)9-7/h4H,1,5H2,2-3H3,(H,9,10). The Balaban J connectivity index is 3.08. The molecule has 0 unspecified atom stereocenters. The van der Waals surface area contributed by atoms with Crippen LogP contribution in [0.25, 0.3) is 6.08 Å². The van der Waals surface area contributed by atoms with Crippen molar-refractivity contribution in [2.45, 2.75) is 20.3 Å². The highest BCUT2D eigenvalue weighted by Crippen LogP contribution is 2.06. The summed E-state index contributed by atoms with van der Waals surface area (Å²) in [4.78, 5) is 7.39. The maximum Gasteiger partial charge on any atom is 0.103 e. The Hall–Kier alpha value is -1.05. The minimum Gasteiger partial charge on any atom is -0.346 e. The Kier molecular flexibility index (Phi) is 1.90. The first-order valence-corrected chi connectivity index (χ1v) is 3.45. The molecule has 0 aliphatic carbocycles. The topological polar surface area (TPSA) is 28.7 Å². The molecule has 1 N–H and O–H groups in total. The van der Waals surface area contributed by atoms with E-state index in [-0.39, 0.29) is 0 Å². The van der Waals surface area contributed by atoms with E-state index in [0.717, 1.165) is 17.9 Å². The van der Waals surface area contributed by atoms with Crippen LogP contribution in [0.3, 0.4) is 0 Å². The lowest BCUT2D eigenvalue weighted by atomic mass is 10.3. The lowest BCUT2D eigenvalue weighted by molar-refractivity contribution is 1.04. The van der Waals surface area contributed by atoms with Gasteiger partial charge >= 0.3 is 0 Å². The molecular formula is C8H12N2. The zero-order chi connectivity index (χ0) is 7.56. The zero-order valence-corrected chi connectivity index (χ0v) is 6.44. The van der Waals surface area contributed by atoms with E-state index in [9.17, 15) is 0 Å². The third-order valence-corrected chi connectivity index (χ3v) is 1.48. The molecule has 0 atom stereocenters. The van der Waals surface area contributed by atoms with Crippen molar-refractivity contribution in [1.29, 1.82) is 0 Å². The van der Waals surface area contributed by atoms with Gasteiger partial charge in [0.1, 0.15) is 5.82 Å². The van der Waals surface area contributed by atoms with Crippen molar-refractivity contribution in [3.63, 3.8) is 0 Å². The van der Waals surface area contributed by atoms with Crippen LogP contribution in [-0.4, -0.2) is 9.97 Å². The van der Waals surface area contributed by atoms with Gasteiger partial charge in [-0.15, -0.1) is 0 Å². The van der Waals surface area contributed by atoms with Crippen molar-refractivity contribution in [2.24, 2.45) is 0 Å². The molecule has 0 fully saturated rings. The Morgan fingerprint density at radius 1 is 1.70 bits per heavy atom. The van der Waals surface area contributed by atoms with Crippen LogP contribution in [0.4, 0.5) is 0 Å². The van der Waals surface area contributed by atoms with Gasteiger partial charge in [-0.3, -0.25) is 0 Å². The van der Waals surface area contributed by atoms with Gasteiger partial charge in [0.2, 0.25) is 0 Å². The highest BCUT2D eigenvalue weighted by Gasteiger charge is 2.00. The summed E-state index contributed by atoms with van der Waals surface area (Å²) in [5.41, 5.74) is 2.16. The molecule has 0 aromatic carbocycles. The molecule has 2 heteroatoms. The van der Waals surface area contributed by atoms with Crippen LogP contribution in [-0.2, 0) is 6.42 Å². The summed E-state index contributed by atoms with van der Waals surface area (Å²) in [6, 6.07) is 0. The van der Waals surface area contributed by atoms with Crippen LogP contribution in [0.5, 0.6) is 0 Å². The van der Waals surface area contributed by atoms with Gasteiger partial charge in [-0.05, 0) is 19.4 Å². The lowest BCUT2D eigenvalue weighted by Gasteiger charge is -1.88. The lowest BCUT2D eigenvalue weighted by Crippen LogP contribution is -1.82. The van der Waals surface area contributed by atoms with E-state index in [1.54, 1.807) is 6.08 Å². The second kappa shape index (κ2) is 2.69. The number of nitrogens with zero attached hydrogens (tertiary/aromatic N) is 1. The number of H-pyrrole nitrogens is 1. The summed E-state index contributed by atoms with van der Waals surface area (Å²) in [5.74, 6) is 0.965. The van der Waals surface area contributed by atoms with Crippen LogP contribution >= 0.6 is 0 Å². The third kappa shape index (κ3) is 1.10. The highest BCUT2D eigenvalue weighted by molar-refractivity contribution is 5.45. The van der Waals surface area contributed by atoms with E-state index in [2.05, 4.69) is 23.5 Å². The van der Waals surface area contributed by atoms with Gasteiger partial charge in [0.25, 0.3) is 0 Å². The molecule has 1 rings (SSSR count). The van der Waals surface area contributed by atoms with Crippen molar-refractivity contribution < 1.29 is 0 Å². The first-order chi connectivity index (χ1) is 4.77. The molecule has 2 nitrogen and oxygen atoms in total. The first kappa shape index (κ1) is 7.06. The summed E-state index contributed by atoms with van der Waals surface area (Å²) in [6.07, 6.45) is 2.77. The van der Waals surface area contributed by atoms with Crippen molar-refractivity contribution >= 4 is 6.08 Å². The second-order valence-electron chi connectivity index (χ2n) is 2.24. The van der Waals surface area contributed by atoms with Gasteiger partial charge in [0.05, 0.1) is 5.69 Å². The average molecular weight is 136 g/mol.